The smallest absolute Gasteiger partial charge is 0.236 e. The Bertz CT molecular complexity index is 363. The predicted octanol–water partition coefficient (Wildman–Crippen LogP) is 1.57. The van der Waals surface area contributed by atoms with E-state index in [4.69, 9.17) is 10.8 Å². The maximum atomic E-state index is 11.6. The second-order valence-corrected chi connectivity index (χ2v) is 4.46. The lowest BCUT2D eigenvalue weighted by molar-refractivity contribution is -0.122. The molecule has 0 bridgehead atoms. The first-order valence-corrected chi connectivity index (χ1v) is 6.44. The third-order valence-corrected chi connectivity index (χ3v) is 2.85. The topological polar surface area (TPSA) is 75.4 Å². The van der Waals surface area contributed by atoms with E-state index in [0.29, 0.717) is 6.54 Å². The molecular formula is C14H22N2O2. The molecule has 4 heteroatoms. The molecule has 0 aromatic heterocycles. The molecule has 1 amide bonds. The molecule has 0 fully saturated rings. The summed E-state index contributed by atoms with van der Waals surface area (Å²) >= 11 is 0. The number of carbonyl (C=O) groups excluding carboxylic acids is 1. The number of phenols is 1. The first-order valence-electron chi connectivity index (χ1n) is 6.44. The van der Waals surface area contributed by atoms with Gasteiger partial charge < -0.3 is 16.2 Å². The van der Waals surface area contributed by atoms with Crippen molar-refractivity contribution in [1.82, 2.24) is 5.32 Å². The number of nitrogens with one attached hydrogen (secondary N) is 1. The number of benzene rings is 1. The maximum absolute atomic E-state index is 11.6. The molecule has 4 N–H and O–H groups in total. The summed E-state index contributed by atoms with van der Waals surface area (Å²) in [4.78, 5) is 11.6. The normalized spacial score (nSPS) is 12.1. The summed E-state index contributed by atoms with van der Waals surface area (Å²) in [6.45, 7) is 2.65. The maximum Gasteiger partial charge on any atom is 0.236 e. The molecule has 4 nitrogen and oxygen atoms in total. The van der Waals surface area contributed by atoms with Crippen molar-refractivity contribution in [2.24, 2.45) is 5.73 Å². The van der Waals surface area contributed by atoms with E-state index in [1.165, 1.54) is 0 Å². The molecule has 0 spiro atoms. The van der Waals surface area contributed by atoms with Crippen molar-refractivity contribution in [3.8, 4) is 5.75 Å². The summed E-state index contributed by atoms with van der Waals surface area (Å²) in [5, 5.41) is 12.0. The molecule has 0 aliphatic carbocycles. The third kappa shape index (κ3) is 5.19. The fourth-order valence-electron chi connectivity index (χ4n) is 1.68. The molecule has 0 saturated carbocycles. The van der Waals surface area contributed by atoms with E-state index in [-0.39, 0.29) is 11.7 Å². The van der Waals surface area contributed by atoms with Crippen LogP contribution in [0.25, 0.3) is 0 Å². The summed E-state index contributed by atoms with van der Waals surface area (Å²) in [6.07, 6.45) is 3.51. The van der Waals surface area contributed by atoms with Crippen LogP contribution in [0.15, 0.2) is 24.3 Å². The van der Waals surface area contributed by atoms with Crippen LogP contribution in [-0.2, 0) is 11.2 Å². The molecule has 0 aliphatic heterocycles. The van der Waals surface area contributed by atoms with Gasteiger partial charge in [-0.15, -0.1) is 0 Å². The lowest BCUT2D eigenvalue weighted by Gasteiger charge is -2.11. The van der Waals surface area contributed by atoms with Crippen molar-refractivity contribution in [1.29, 1.82) is 0 Å². The van der Waals surface area contributed by atoms with Gasteiger partial charge in [0.2, 0.25) is 5.91 Å². The van der Waals surface area contributed by atoms with Crippen molar-refractivity contribution in [3.63, 3.8) is 0 Å². The first kappa shape index (κ1) is 14.5. The molecule has 0 heterocycles. The Labute approximate surface area is 108 Å². The van der Waals surface area contributed by atoms with Crippen LogP contribution >= 0.6 is 0 Å². The standard InChI is InChI=1S/C14H22N2O2/c1-2-3-4-13(15)14(18)16-10-9-11-5-7-12(17)8-6-11/h5-8,13,17H,2-4,9-10,15H2,1H3,(H,16,18)/t13-/m0/s1. The first-order chi connectivity index (χ1) is 8.63. The summed E-state index contributed by atoms with van der Waals surface area (Å²) in [5.41, 5.74) is 6.84. The van der Waals surface area contributed by atoms with Gasteiger partial charge in [-0.25, -0.2) is 0 Å². The lowest BCUT2D eigenvalue weighted by Crippen LogP contribution is -2.41. The van der Waals surface area contributed by atoms with Crippen molar-refractivity contribution in [2.45, 2.75) is 38.6 Å². The second kappa shape index (κ2) is 7.71. The zero-order chi connectivity index (χ0) is 13.4. The Morgan fingerprint density at radius 3 is 2.67 bits per heavy atom. The number of rotatable bonds is 7. The highest BCUT2D eigenvalue weighted by Crippen LogP contribution is 2.09. The Morgan fingerprint density at radius 1 is 1.39 bits per heavy atom. The highest BCUT2D eigenvalue weighted by Gasteiger charge is 2.11. The third-order valence-electron chi connectivity index (χ3n) is 2.85. The second-order valence-electron chi connectivity index (χ2n) is 4.46. The van der Waals surface area contributed by atoms with E-state index in [0.717, 1.165) is 31.2 Å². The summed E-state index contributed by atoms with van der Waals surface area (Å²) in [5.74, 6) is 0.173. The zero-order valence-corrected chi connectivity index (χ0v) is 10.9. The van der Waals surface area contributed by atoms with Gasteiger partial charge in [-0.05, 0) is 30.5 Å². The van der Waals surface area contributed by atoms with Crippen LogP contribution in [0.5, 0.6) is 5.75 Å². The van der Waals surface area contributed by atoms with Crippen LogP contribution in [0.1, 0.15) is 31.7 Å². The van der Waals surface area contributed by atoms with Crippen molar-refractivity contribution >= 4 is 5.91 Å². The van der Waals surface area contributed by atoms with E-state index in [9.17, 15) is 4.79 Å². The van der Waals surface area contributed by atoms with Gasteiger partial charge >= 0.3 is 0 Å². The van der Waals surface area contributed by atoms with E-state index in [1.54, 1.807) is 12.1 Å². The van der Waals surface area contributed by atoms with Crippen molar-refractivity contribution in [3.05, 3.63) is 29.8 Å². The van der Waals surface area contributed by atoms with Crippen LogP contribution in [0.2, 0.25) is 0 Å². The average Bonchev–Trinajstić information content (AvgIpc) is 2.38. The van der Waals surface area contributed by atoms with E-state index < -0.39 is 6.04 Å². The monoisotopic (exact) mass is 250 g/mol. The van der Waals surface area contributed by atoms with E-state index in [1.807, 2.05) is 12.1 Å². The number of nitrogens with two attached hydrogens (primary N) is 1. The molecule has 18 heavy (non-hydrogen) atoms. The van der Waals surface area contributed by atoms with Crippen molar-refractivity contribution < 1.29 is 9.90 Å². The number of hydrogen-bond donors (Lipinski definition) is 3. The molecule has 0 saturated heterocycles. The molecule has 1 atom stereocenters. The van der Waals surface area contributed by atoms with Crippen LogP contribution in [0.3, 0.4) is 0 Å². The van der Waals surface area contributed by atoms with Crippen LogP contribution < -0.4 is 11.1 Å². The van der Waals surface area contributed by atoms with E-state index >= 15 is 0 Å². The molecule has 1 rings (SSSR count). The van der Waals surface area contributed by atoms with Gasteiger partial charge in [0, 0.05) is 6.54 Å². The Kier molecular flexibility index (Phi) is 6.22. The predicted molar refractivity (Wildman–Crippen MR) is 72.3 cm³/mol. The average molecular weight is 250 g/mol. The lowest BCUT2D eigenvalue weighted by atomic mass is 10.1. The fraction of sp³-hybridized carbons (Fsp3) is 0.500. The van der Waals surface area contributed by atoms with Gasteiger partial charge in [0.15, 0.2) is 0 Å². The minimum absolute atomic E-state index is 0.0813. The van der Waals surface area contributed by atoms with Crippen LogP contribution in [0, 0.1) is 0 Å². The quantitative estimate of drug-likeness (QED) is 0.687. The molecule has 1 aromatic rings. The number of hydrogen-bond acceptors (Lipinski definition) is 3. The largest absolute Gasteiger partial charge is 0.508 e. The zero-order valence-electron chi connectivity index (χ0n) is 10.9. The minimum atomic E-state index is -0.398. The summed E-state index contributed by atoms with van der Waals surface area (Å²) in [6, 6.07) is 6.58. The molecule has 100 valence electrons. The molecule has 0 aliphatic rings. The molecular weight excluding hydrogens is 228 g/mol. The minimum Gasteiger partial charge on any atom is -0.508 e. The molecule has 0 unspecified atom stereocenters. The van der Waals surface area contributed by atoms with Gasteiger partial charge in [0.1, 0.15) is 5.75 Å². The van der Waals surface area contributed by atoms with E-state index in [2.05, 4.69) is 12.2 Å². The SMILES string of the molecule is CCCC[C@H](N)C(=O)NCCc1ccc(O)cc1. The highest BCUT2D eigenvalue weighted by atomic mass is 16.3. The van der Waals surface area contributed by atoms with Gasteiger partial charge in [-0.2, -0.15) is 0 Å². The number of amides is 1. The van der Waals surface area contributed by atoms with Crippen LogP contribution in [0.4, 0.5) is 0 Å². The highest BCUT2D eigenvalue weighted by molar-refractivity contribution is 5.81. The molecule has 1 aromatic carbocycles. The van der Waals surface area contributed by atoms with Gasteiger partial charge in [0.25, 0.3) is 0 Å². The number of aromatic hydroxyl groups is 1. The van der Waals surface area contributed by atoms with Gasteiger partial charge in [0.05, 0.1) is 6.04 Å². The molecule has 0 radical (unpaired) electrons. The van der Waals surface area contributed by atoms with Gasteiger partial charge in [-0.3, -0.25) is 4.79 Å². The Balaban J connectivity index is 2.24. The van der Waals surface area contributed by atoms with Crippen LogP contribution in [-0.4, -0.2) is 23.6 Å². The summed E-state index contributed by atoms with van der Waals surface area (Å²) < 4.78 is 0. The number of carbonyl (C=O) groups is 1. The van der Waals surface area contributed by atoms with Gasteiger partial charge in [-0.1, -0.05) is 31.9 Å². The Morgan fingerprint density at radius 2 is 2.06 bits per heavy atom. The summed E-state index contributed by atoms with van der Waals surface area (Å²) in [7, 11) is 0. The fourth-order valence-corrected chi connectivity index (χ4v) is 1.68. The number of phenolic OH excluding ortho intramolecular Hbond substituents is 1. The van der Waals surface area contributed by atoms with Crippen molar-refractivity contribution in [2.75, 3.05) is 6.54 Å². The Hall–Kier alpha value is -1.55. The number of unbranched alkanes of at least 4 members (excludes halogenated alkanes) is 1.